The van der Waals surface area contributed by atoms with Crippen molar-refractivity contribution < 1.29 is 9.53 Å². The van der Waals surface area contributed by atoms with E-state index in [1.165, 1.54) is 0 Å². The Morgan fingerprint density at radius 2 is 1.81 bits per heavy atom. The summed E-state index contributed by atoms with van der Waals surface area (Å²) in [6.45, 7) is 10.2. The average Bonchev–Trinajstić information content (AvgIpc) is 2.41. The number of carbonyl (C=O) groups excluding carboxylic acids is 1. The Balaban J connectivity index is 4.32. The van der Waals surface area contributed by atoms with Crippen molar-refractivity contribution in [2.45, 2.75) is 59.8 Å². The van der Waals surface area contributed by atoms with E-state index in [9.17, 15) is 4.79 Å². The Kier molecular flexibility index (Phi) is 10.6. The van der Waals surface area contributed by atoms with Crippen LogP contribution >= 0.6 is 12.2 Å². The van der Waals surface area contributed by atoms with E-state index in [4.69, 9.17) is 22.7 Å². The standard InChI is InChI=1S/C16H32N2O2S/c1-5-8-16(9-6-2,14(17)21)15(19)18-10-12-20-11-7-13(3)4/h13H,5-12H2,1-4H3,(H2,17,21)(H,18,19). The Morgan fingerprint density at radius 3 is 2.24 bits per heavy atom. The van der Waals surface area contributed by atoms with Gasteiger partial charge in [-0.1, -0.05) is 52.8 Å². The summed E-state index contributed by atoms with van der Waals surface area (Å²) >= 11 is 5.17. The number of nitrogens with one attached hydrogen (secondary N) is 1. The highest BCUT2D eigenvalue weighted by molar-refractivity contribution is 7.80. The lowest BCUT2D eigenvalue weighted by atomic mass is 9.78. The van der Waals surface area contributed by atoms with Crippen molar-refractivity contribution in [1.82, 2.24) is 5.32 Å². The first-order valence-electron chi connectivity index (χ1n) is 8.06. The Labute approximate surface area is 135 Å². The van der Waals surface area contributed by atoms with Gasteiger partial charge in [0, 0.05) is 13.2 Å². The van der Waals surface area contributed by atoms with Gasteiger partial charge in [-0.25, -0.2) is 0 Å². The first kappa shape index (κ1) is 20.3. The third-order valence-corrected chi connectivity index (χ3v) is 4.02. The van der Waals surface area contributed by atoms with Gasteiger partial charge < -0.3 is 15.8 Å². The summed E-state index contributed by atoms with van der Waals surface area (Å²) < 4.78 is 5.51. The molecule has 0 rings (SSSR count). The fourth-order valence-corrected chi connectivity index (χ4v) is 2.69. The Hall–Kier alpha value is -0.680. The van der Waals surface area contributed by atoms with E-state index < -0.39 is 5.41 Å². The van der Waals surface area contributed by atoms with Gasteiger partial charge in [0.15, 0.2) is 0 Å². The summed E-state index contributed by atoms with van der Waals surface area (Å²) in [7, 11) is 0. The van der Waals surface area contributed by atoms with Gasteiger partial charge in [-0.2, -0.15) is 0 Å². The number of hydrogen-bond acceptors (Lipinski definition) is 3. The van der Waals surface area contributed by atoms with Crippen LogP contribution in [0.15, 0.2) is 0 Å². The summed E-state index contributed by atoms with van der Waals surface area (Å²) in [6.07, 6.45) is 4.22. The molecule has 0 spiro atoms. The first-order valence-corrected chi connectivity index (χ1v) is 8.47. The van der Waals surface area contributed by atoms with E-state index >= 15 is 0 Å². The second-order valence-corrected chi connectivity index (χ2v) is 6.44. The van der Waals surface area contributed by atoms with Crippen LogP contribution in [0.2, 0.25) is 0 Å². The van der Waals surface area contributed by atoms with Gasteiger partial charge in [0.1, 0.15) is 0 Å². The highest BCUT2D eigenvalue weighted by Gasteiger charge is 2.39. The fraction of sp³-hybridized carbons (Fsp3) is 0.875. The number of hydrogen-bond donors (Lipinski definition) is 2. The van der Waals surface area contributed by atoms with Crippen LogP contribution in [0.4, 0.5) is 0 Å². The molecule has 0 aromatic carbocycles. The van der Waals surface area contributed by atoms with Crippen molar-refractivity contribution in [2.24, 2.45) is 17.1 Å². The van der Waals surface area contributed by atoms with Crippen molar-refractivity contribution in [3.8, 4) is 0 Å². The lowest BCUT2D eigenvalue weighted by Gasteiger charge is -2.31. The zero-order valence-corrected chi connectivity index (χ0v) is 14.9. The molecule has 0 fully saturated rings. The maximum absolute atomic E-state index is 12.5. The molecule has 0 bridgehead atoms. The third kappa shape index (κ3) is 7.23. The van der Waals surface area contributed by atoms with Crippen LogP contribution in [0.1, 0.15) is 59.8 Å². The van der Waals surface area contributed by atoms with Crippen molar-refractivity contribution in [2.75, 3.05) is 19.8 Å². The second kappa shape index (κ2) is 11.0. The Morgan fingerprint density at radius 1 is 1.24 bits per heavy atom. The van der Waals surface area contributed by atoms with E-state index in [0.29, 0.717) is 36.9 Å². The van der Waals surface area contributed by atoms with Gasteiger partial charge in [0.2, 0.25) is 5.91 Å². The van der Waals surface area contributed by atoms with E-state index in [0.717, 1.165) is 25.9 Å². The van der Waals surface area contributed by atoms with Crippen LogP contribution in [-0.4, -0.2) is 30.7 Å². The van der Waals surface area contributed by atoms with E-state index in [1.807, 2.05) is 13.8 Å². The van der Waals surface area contributed by atoms with Gasteiger partial charge in [-0.3, -0.25) is 4.79 Å². The molecule has 0 saturated carbocycles. The Bertz CT molecular complexity index is 313. The minimum Gasteiger partial charge on any atom is -0.392 e. The molecule has 124 valence electrons. The van der Waals surface area contributed by atoms with Gasteiger partial charge >= 0.3 is 0 Å². The van der Waals surface area contributed by atoms with Crippen LogP contribution < -0.4 is 11.1 Å². The van der Waals surface area contributed by atoms with Crippen LogP contribution in [0, 0.1) is 11.3 Å². The minimum atomic E-state index is -0.698. The van der Waals surface area contributed by atoms with E-state index in [2.05, 4.69) is 19.2 Å². The quantitative estimate of drug-likeness (QED) is 0.429. The predicted molar refractivity (Wildman–Crippen MR) is 92.3 cm³/mol. The van der Waals surface area contributed by atoms with E-state index in [-0.39, 0.29) is 5.91 Å². The molecule has 5 heteroatoms. The molecular weight excluding hydrogens is 284 g/mol. The number of amides is 1. The molecule has 4 nitrogen and oxygen atoms in total. The van der Waals surface area contributed by atoms with Crippen LogP contribution in [0.5, 0.6) is 0 Å². The fourth-order valence-electron chi connectivity index (χ4n) is 2.39. The van der Waals surface area contributed by atoms with Gasteiger partial charge in [0.05, 0.1) is 17.0 Å². The van der Waals surface area contributed by atoms with Crippen LogP contribution in [0.3, 0.4) is 0 Å². The predicted octanol–water partition coefficient (Wildman–Crippen LogP) is 3.04. The summed E-state index contributed by atoms with van der Waals surface area (Å²) in [5.41, 5.74) is 5.17. The molecule has 0 aromatic rings. The number of thiocarbonyl (C=S) groups is 1. The molecule has 0 atom stereocenters. The summed E-state index contributed by atoms with van der Waals surface area (Å²) in [5.74, 6) is 0.585. The third-order valence-electron chi connectivity index (χ3n) is 3.63. The number of ether oxygens (including phenoxy) is 1. The normalized spacial score (nSPS) is 11.7. The molecular formula is C16H32N2O2S. The zero-order valence-electron chi connectivity index (χ0n) is 14.0. The number of rotatable bonds is 12. The monoisotopic (exact) mass is 316 g/mol. The SMILES string of the molecule is CCCC(CCC)(C(=O)NCCOCCC(C)C)C(N)=S. The van der Waals surface area contributed by atoms with Gasteiger partial charge in [-0.15, -0.1) is 0 Å². The topological polar surface area (TPSA) is 64.3 Å². The molecule has 0 radical (unpaired) electrons. The van der Waals surface area contributed by atoms with Gasteiger partial charge in [0.25, 0.3) is 0 Å². The van der Waals surface area contributed by atoms with Crippen molar-refractivity contribution >= 4 is 23.1 Å². The highest BCUT2D eigenvalue weighted by atomic mass is 32.1. The van der Waals surface area contributed by atoms with Gasteiger partial charge in [-0.05, 0) is 25.2 Å². The molecule has 0 aliphatic rings. The summed E-state index contributed by atoms with van der Waals surface area (Å²) in [4.78, 5) is 12.8. The molecule has 21 heavy (non-hydrogen) atoms. The first-order chi connectivity index (χ1) is 9.90. The van der Waals surface area contributed by atoms with Crippen molar-refractivity contribution in [3.63, 3.8) is 0 Å². The number of nitrogens with two attached hydrogens (primary N) is 1. The molecule has 0 aliphatic heterocycles. The molecule has 0 aromatic heterocycles. The second-order valence-electron chi connectivity index (χ2n) is 6.00. The van der Waals surface area contributed by atoms with Crippen LogP contribution in [-0.2, 0) is 9.53 Å². The van der Waals surface area contributed by atoms with Crippen LogP contribution in [0.25, 0.3) is 0 Å². The summed E-state index contributed by atoms with van der Waals surface area (Å²) in [6, 6.07) is 0. The maximum Gasteiger partial charge on any atom is 0.233 e. The smallest absolute Gasteiger partial charge is 0.233 e. The van der Waals surface area contributed by atoms with Crippen molar-refractivity contribution in [1.29, 1.82) is 0 Å². The average molecular weight is 317 g/mol. The molecule has 0 heterocycles. The largest absolute Gasteiger partial charge is 0.392 e. The molecule has 0 aliphatic carbocycles. The highest BCUT2D eigenvalue weighted by Crippen LogP contribution is 2.30. The molecule has 0 unspecified atom stereocenters. The number of carbonyl (C=O) groups is 1. The summed E-state index contributed by atoms with van der Waals surface area (Å²) in [5, 5.41) is 2.93. The zero-order chi connectivity index (χ0) is 16.3. The maximum atomic E-state index is 12.5. The lowest BCUT2D eigenvalue weighted by molar-refractivity contribution is -0.128. The van der Waals surface area contributed by atoms with E-state index in [1.54, 1.807) is 0 Å². The minimum absolute atomic E-state index is 0.0499. The van der Waals surface area contributed by atoms with Crippen molar-refractivity contribution in [3.05, 3.63) is 0 Å². The molecule has 1 amide bonds. The molecule has 3 N–H and O–H groups in total. The molecule has 0 saturated heterocycles. The lowest BCUT2D eigenvalue weighted by Crippen LogP contribution is -2.49.